The van der Waals surface area contributed by atoms with Gasteiger partial charge < -0.3 is 19.3 Å². The Morgan fingerprint density at radius 1 is 1.21 bits per heavy atom. The Morgan fingerprint density at radius 2 is 1.89 bits per heavy atom. The molecule has 10 heteroatoms. The van der Waals surface area contributed by atoms with Gasteiger partial charge >= 0.3 is 5.97 Å². The van der Waals surface area contributed by atoms with Gasteiger partial charge in [-0.2, -0.15) is 11.8 Å². The smallest absolute Gasteiger partial charge is 0.320 e. The zero-order valence-corrected chi connectivity index (χ0v) is 24.9. The van der Waals surface area contributed by atoms with Crippen LogP contribution in [0, 0.1) is 16.7 Å². The number of esters is 1. The van der Waals surface area contributed by atoms with E-state index in [-0.39, 0.29) is 42.7 Å². The number of benzene rings is 1. The fourth-order valence-electron chi connectivity index (χ4n) is 5.58. The van der Waals surface area contributed by atoms with Crippen molar-refractivity contribution in [2.24, 2.45) is 16.7 Å². The third-order valence-corrected chi connectivity index (χ3v) is 9.35. The van der Waals surface area contributed by atoms with Crippen LogP contribution in [0.5, 0.6) is 0 Å². The summed E-state index contributed by atoms with van der Waals surface area (Å²) in [6.07, 6.45) is 1.13. The topological polar surface area (TPSA) is 76.2 Å². The molecule has 2 amide bonds. The minimum Gasteiger partial charge on any atom is -0.468 e. The molecule has 3 aliphatic heterocycles. The van der Waals surface area contributed by atoms with E-state index in [1.165, 1.54) is 7.11 Å². The van der Waals surface area contributed by atoms with Gasteiger partial charge in [0.2, 0.25) is 11.8 Å². The predicted molar refractivity (Wildman–Crippen MR) is 150 cm³/mol. The fraction of sp³-hybridized carbons (Fsp3) is 0.607. The second-order valence-electron chi connectivity index (χ2n) is 11.3. The molecule has 3 heterocycles. The highest BCUT2D eigenvalue weighted by molar-refractivity contribution is 7.99. The summed E-state index contributed by atoms with van der Waals surface area (Å²) in [5.74, 6) is 0.292. The molecule has 1 aromatic rings. The second-order valence-corrected chi connectivity index (χ2v) is 13.4. The molecular formula is C28H36Cl2N2O5S. The van der Waals surface area contributed by atoms with Gasteiger partial charge in [0, 0.05) is 52.7 Å². The molecule has 2 saturated heterocycles. The number of ether oxygens (including phenoxy) is 2. The van der Waals surface area contributed by atoms with Crippen molar-refractivity contribution in [1.82, 2.24) is 9.80 Å². The van der Waals surface area contributed by atoms with E-state index in [9.17, 15) is 14.4 Å². The van der Waals surface area contributed by atoms with Crippen LogP contribution in [0.3, 0.4) is 0 Å². The van der Waals surface area contributed by atoms with Crippen molar-refractivity contribution >= 4 is 52.7 Å². The summed E-state index contributed by atoms with van der Waals surface area (Å²) in [6.45, 7) is 9.46. The van der Waals surface area contributed by atoms with Gasteiger partial charge in [0.25, 0.3) is 0 Å². The minimum absolute atomic E-state index is 0.0236. The van der Waals surface area contributed by atoms with Crippen LogP contribution in [0.2, 0.25) is 10.0 Å². The van der Waals surface area contributed by atoms with E-state index in [2.05, 4.69) is 20.8 Å². The molecule has 0 N–H and O–H groups in total. The van der Waals surface area contributed by atoms with Crippen LogP contribution in [0.1, 0.15) is 46.1 Å². The number of halogens is 2. The van der Waals surface area contributed by atoms with Crippen molar-refractivity contribution in [2.75, 3.05) is 31.7 Å². The second kappa shape index (κ2) is 11.4. The summed E-state index contributed by atoms with van der Waals surface area (Å²) >= 11 is 14.5. The number of amides is 2. The van der Waals surface area contributed by atoms with E-state index in [4.69, 9.17) is 32.7 Å². The highest BCUT2D eigenvalue weighted by atomic mass is 35.5. The van der Waals surface area contributed by atoms with Crippen molar-refractivity contribution in [1.29, 1.82) is 0 Å². The molecule has 3 aliphatic rings. The first kappa shape index (κ1) is 29.2. The zero-order chi connectivity index (χ0) is 27.8. The third kappa shape index (κ3) is 5.60. The van der Waals surface area contributed by atoms with Crippen LogP contribution in [0.4, 0.5) is 0 Å². The summed E-state index contributed by atoms with van der Waals surface area (Å²) in [4.78, 5) is 44.5. The summed E-state index contributed by atoms with van der Waals surface area (Å²) < 4.78 is 11.8. The van der Waals surface area contributed by atoms with Crippen LogP contribution in [-0.2, 0) is 30.4 Å². The molecule has 0 aliphatic carbocycles. The number of thioether (sulfide) groups is 1. The van der Waals surface area contributed by atoms with Gasteiger partial charge in [0.1, 0.15) is 5.41 Å². The standard InChI is InChI=1S/C28H36Cl2N2O5S/c1-17-28(26(35)36-5)15-19(12-24(33)31-8-10-38-11-9-31)25(34)32(16-18-6-7-20(29)13-21(18)30)22(28)14-23(37-17)27(2,3)4/h6-7,13-14,17,19,23H,8-12,15-16H2,1-5H3/t17-,19+,23-,28+/m1/s1. The third-order valence-electron chi connectivity index (χ3n) is 7.82. The number of hydrogen-bond donors (Lipinski definition) is 0. The van der Waals surface area contributed by atoms with Gasteiger partial charge in [0.15, 0.2) is 0 Å². The number of fused-ring (bicyclic) bond motifs is 1. The molecule has 0 saturated carbocycles. The Morgan fingerprint density at radius 3 is 2.50 bits per heavy atom. The van der Waals surface area contributed by atoms with Crippen LogP contribution in [0.25, 0.3) is 0 Å². The molecule has 0 bridgehead atoms. The van der Waals surface area contributed by atoms with Gasteiger partial charge in [-0.15, -0.1) is 0 Å². The quantitative estimate of drug-likeness (QED) is 0.445. The van der Waals surface area contributed by atoms with E-state index in [1.807, 2.05) is 29.7 Å². The Kier molecular flexibility index (Phi) is 8.77. The van der Waals surface area contributed by atoms with Crippen molar-refractivity contribution in [3.8, 4) is 0 Å². The largest absolute Gasteiger partial charge is 0.468 e. The molecule has 0 radical (unpaired) electrons. The number of hydrogen-bond acceptors (Lipinski definition) is 6. The summed E-state index contributed by atoms with van der Waals surface area (Å²) in [5, 5.41) is 0.911. The first-order valence-electron chi connectivity index (χ1n) is 13.0. The summed E-state index contributed by atoms with van der Waals surface area (Å²) in [7, 11) is 1.35. The summed E-state index contributed by atoms with van der Waals surface area (Å²) in [6, 6.07) is 5.14. The normalized spacial score (nSPS) is 28.0. The average molecular weight is 584 g/mol. The maximum absolute atomic E-state index is 14.1. The lowest BCUT2D eigenvalue weighted by Gasteiger charge is -2.53. The van der Waals surface area contributed by atoms with Crippen LogP contribution in [0.15, 0.2) is 30.0 Å². The molecule has 0 unspecified atom stereocenters. The fourth-order valence-corrected chi connectivity index (χ4v) is 6.95. The van der Waals surface area contributed by atoms with Gasteiger partial charge in [-0.3, -0.25) is 14.4 Å². The van der Waals surface area contributed by atoms with Crippen molar-refractivity contribution in [3.05, 3.63) is 45.6 Å². The van der Waals surface area contributed by atoms with Gasteiger partial charge in [-0.25, -0.2) is 0 Å². The lowest BCUT2D eigenvalue weighted by molar-refractivity contribution is -0.180. The number of carbonyl (C=O) groups is 3. The number of nitrogens with zero attached hydrogens (tertiary/aromatic N) is 2. The first-order valence-corrected chi connectivity index (χ1v) is 14.9. The lowest BCUT2D eigenvalue weighted by Crippen LogP contribution is -2.61. The monoisotopic (exact) mass is 582 g/mol. The van der Waals surface area contributed by atoms with Crippen LogP contribution in [-0.4, -0.2) is 71.5 Å². The maximum atomic E-state index is 14.1. The highest BCUT2D eigenvalue weighted by Gasteiger charge is 2.60. The number of likely N-dealkylation sites (tertiary alicyclic amines) is 1. The summed E-state index contributed by atoms with van der Waals surface area (Å²) in [5.41, 5.74) is -0.283. The molecule has 4 rings (SSSR count). The van der Waals surface area contributed by atoms with E-state index in [1.54, 1.807) is 23.1 Å². The van der Waals surface area contributed by atoms with Gasteiger partial charge in [-0.05, 0) is 42.5 Å². The minimum atomic E-state index is -1.24. The van der Waals surface area contributed by atoms with Gasteiger partial charge in [-0.1, -0.05) is 50.0 Å². The van der Waals surface area contributed by atoms with Crippen LogP contribution < -0.4 is 0 Å². The zero-order valence-electron chi connectivity index (χ0n) is 22.6. The first-order chi connectivity index (χ1) is 17.9. The molecule has 208 valence electrons. The van der Waals surface area contributed by atoms with Gasteiger partial charge in [0.05, 0.1) is 25.9 Å². The SMILES string of the molecule is COC(=O)[C@]12C[C@H](CC(=O)N3CCSCC3)C(=O)N(Cc3ccc(Cl)cc3Cl)C1=C[C@H](C(C)(C)C)O[C@@H]2C. The van der Waals surface area contributed by atoms with Crippen molar-refractivity contribution < 1.29 is 23.9 Å². The molecule has 7 nitrogen and oxygen atoms in total. The van der Waals surface area contributed by atoms with E-state index in [0.717, 1.165) is 11.5 Å². The average Bonchev–Trinajstić information content (AvgIpc) is 2.87. The Bertz CT molecular complexity index is 1130. The molecule has 1 aromatic carbocycles. The number of piperidine rings is 1. The molecule has 38 heavy (non-hydrogen) atoms. The molecule has 4 atom stereocenters. The number of carbonyl (C=O) groups excluding carboxylic acids is 3. The Labute approximate surface area is 239 Å². The van der Waals surface area contributed by atoms with E-state index < -0.39 is 23.4 Å². The van der Waals surface area contributed by atoms with E-state index in [0.29, 0.717) is 34.4 Å². The molecule has 0 aromatic heterocycles. The van der Waals surface area contributed by atoms with Crippen molar-refractivity contribution in [2.45, 2.75) is 59.3 Å². The Hall–Kier alpha value is -1.74. The predicted octanol–water partition coefficient (Wildman–Crippen LogP) is 5.18. The van der Waals surface area contributed by atoms with Crippen LogP contribution >= 0.6 is 35.0 Å². The number of methoxy groups -OCH3 is 1. The number of rotatable bonds is 5. The van der Waals surface area contributed by atoms with E-state index >= 15 is 0 Å². The molecular weight excluding hydrogens is 547 g/mol. The lowest BCUT2D eigenvalue weighted by atomic mass is 9.65. The Balaban J connectivity index is 1.80. The van der Waals surface area contributed by atoms with Crippen molar-refractivity contribution in [3.63, 3.8) is 0 Å². The maximum Gasteiger partial charge on any atom is 0.320 e. The molecule has 0 spiro atoms. The molecule has 2 fully saturated rings. The highest BCUT2D eigenvalue weighted by Crippen LogP contribution is 2.52.